The van der Waals surface area contributed by atoms with E-state index >= 15 is 0 Å². The molecule has 0 aliphatic rings. The van der Waals surface area contributed by atoms with E-state index in [0.717, 1.165) is 21.3 Å². The smallest absolute Gasteiger partial charge is 0.144 e. The molecule has 0 amide bonds. The molecule has 4 nitrogen and oxygen atoms in total. The molecule has 0 aliphatic heterocycles. The SMILES string of the molecule is N#CC(C#N)=Cc1ccc(-c2ccc(N(c3ccccc3)c3ccccc3)s2)o1. The molecule has 2 aromatic heterocycles. The second-order valence-electron chi connectivity index (χ2n) is 6.13. The van der Waals surface area contributed by atoms with Gasteiger partial charge >= 0.3 is 0 Å². The molecule has 4 rings (SSSR count). The van der Waals surface area contributed by atoms with Crippen molar-refractivity contribution in [1.29, 1.82) is 10.5 Å². The van der Waals surface area contributed by atoms with Crippen LogP contribution in [-0.4, -0.2) is 0 Å². The minimum absolute atomic E-state index is 0.0112. The number of para-hydroxylation sites is 2. The van der Waals surface area contributed by atoms with Crippen molar-refractivity contribution in [3.8, 4) is 22.8 Å². The number of anilines is 3. The van der Waals surface area contributed by atoms with Crippen molar-refractivity contribution in [3.63, 3.8) is 0 Å². The monoisotopic (exact) mass is 393 g/mol. The van der Waals surface area contributed by atoms with Crippen LogP contribution in [0.5, 0.6) is 0 Å². The highest BCUT2D eigenvalue weighted by atomic mass is 32.1. The molecule has 2 heterocycles. The van der Waals surface area contributed by atoms with E-state index < -0.39 is 0 Å². The van der Waals surface area contributed by atoms with Gasteiger partial charge in [0, 0.05) is 17.5 Å². The van der Waals surface area contributed by atoms with Crippen molar-refractivity contribution in [2.75, 3.05) is 4.90 Å². The lowest BCUT2D eigenvalue weighted by molar-refractivity contribution is 0.573. The molecule has 5 heteroatoms. The summed E-state index contributed by atoms with van der Waals surface area (Å²) in [6, 6.07) is 31.8. The Hall–Kier alpha value is -4.06. The first-order chi connectivity index (χ1) is 14.3. The van der Waals surface area contributed by atoms with Crippen LogP contribution in [0.15, 0.2) is 94.9 Å². The number of furan rings is 1. The summed E-state index contributed by atoms with van der Waals surface area (Å²) in [5.74, 6) is 1.18. The Morgan fingerprint density at radius 2 is 1.41 bits per heavy atom. The normalized spacial score (nSPS) is 10.0. The van der Waals surface area contributed by atoms with Crippen molar-refractivity contribution in [2.24, 2.45) is 0 Å². The van der Waals surface area contributed by atoms with Gasteiger partial charge in [-0.25, -0.2) is 0 Å². The van der Waals surface area contributed by atoms with Crippen LogP contribution in [0.3, 0.4) is 0 Å². The van der Waals surface area contributed by atoms with Crippen LogP contribution in [0.1, 0.15) is 5.76 Å². The maximum Gasteiger partial charge on any atom is 0.144 e. The third-order valence-corrected chi connectivity index (χ3v) is 5.32. The van der Waals surface area contributed by atoms with Crippen LogP contribution < -0.4 is 4.90 Å². The molecular weight excluding hydrogens is 378 g/mol. The first kappa shape index (κ1) is 18.3. The fourth-order valence-corrected chi connectivity index (χ4v) is 3.94. The Morgan fingerprint density at radius 3 is 2.00 bits per heavy atom. The van der Waals surface area contributed by atoms with Gasteiger partial charge in [-0.05, 0) is 48.5 Å². The number of thiophene rings is 1. The number of nitrogens with zero attached hydrogens (tertiary/aromatic N) is 3. The zero-order valence-corrected chi connectivity index (χ0v) is 16.1. The van der Waals surface area contributed by atoms with Crippen molar-refractivity contribution in [2.45, 2.75) is 0 Å². The van der Waals surface area contributed by atoms with E-state index in [1.807, 2.05) is 60.7 Å². The minimum atomic E-state index is 0.0112. The Kier molecular flexibility index (Phi) is 5.25. The molecule has 0 radical (unpaired) electrons. The van der Waals surface area contributed by atoms with E-state index in [1.54, 1.807) is 17.4 Å². The van der Waals surface area contributed by atoms with Gasteiger partial charge in [0.15, 0.2) is 0 Å². The van der Waals surface area contributed by atoms with E-state index in [0.29, 0.717) is 11.5 Å². The van der Waals surface area contributed by atoms with Gasteiger partial charge < -0.3 is 9.32 Å². The lowest BCUT2D eigenvalue weighted by Gasteiger charge is -2.23. The summed E-state index contributed by atoms with van der Waals surface area (Å²) < 4.78 is 5.82. The summed E-state index contributed by atoms with van der Waals surface area (Å²) >= 11 is 1.61. The van der Waals surface area contributed by atoms with Crippen LogP contribution in [0.2, 0.25) is 0 Å². The number of hydrogen-bond acceptors (Lipinski definition) is 5. The van der Waals surface area contributed by atoms with Crippen LogP contribution in [0, 0.1) is 22.7 Å². The standard InChI is InChI=1S/C24H15N3OS/c25-16-18(17-26)15-21-11-12-22(28-21)23-13-14-24(29-23)27(19-7-3-1-4-8-19)20-9-5-2-6-10-20/h1-15H. The first-order valence-corrected chi connectivity index (χ1v) is 9.72. The highest BCUT2D eigenvalue weighted by molar-refractivity contribution is 7.19. The van der Waals surface area contributed by atoms with Crippen molar-refractivity contribution in [3.05, 3.63) is 96.3 Å². The molecular formula is C24H15N3OS. The molecule has 0 aliphatic carbocycles. The predicted molar refractivity (Wildman–Crippen MR) is 116 cm³/mol. The van der Waals surface area contributed by atoms with E-state index in [2.05, 4.69) is 35.2 Å². The molecule has 2 aromatic carbocycles. The van der Waals surface area contributed by atoms with Gasteiger partial charge in [-0.15, -0.1) is 11.3 Å². The topological polar surface area (TPSA) is 64.0 Å². The van der Waals surface area contributed by atoms with Crippen LogP contribution in [0.4, 0.5) is 16.4 Å². The molecule has 0 bridgehead atoms. The average Bonchev–Trinajstić information content (AvgIpc) is 3.43. The van der Waals surface area contributed by atoms with E-state index in [-0.39, 0.29) is 5.57 Å². The minimum Gasteiger partial charge on any atom is -0.456 e. The van der Waals surface area contributed by atoms with Gasteiger partial charge in [0.05, 0.1) is 4.88 Å². The molecule has 0 saturated carbocycles. The number of hydrogen-bond donors (Lipinski definition) is 0. The maximum absolute atomic E-state index is 8.91. The van der Waals surface area contributed by atoms with Gasteiger partial charge in [0.2, 0.25) is 0 Å². The van der Waals surface area contributed by atoms with E-state index in [1.165, 1.54) is 6.08 Å². The average molecular weight is 393 g/mol. The predicted octanol–water partition coefficient (Wildman–Crippen LogP) is 6.91. The summed E-state index contributed by atoms with van der Waals surface area (Å²) in [5.41, 5.74) is 2.16. The second-order valence-corrected chi connectivity index (χ2v) is 7.19. The highest BCUT2D eigenvalue weighted by Gasteiger charge is 2.16. The fraction of sp³-hybridized carbons (Fsp3) is 0. The number of benzene rings is 2. The van der Waals surface area contributed by atoms with Crippen molar-refractivity contribution >= 4 is 33.8 Å². The third-order valence-electron chi connectivity index (χ3n) is 4.24. The van der Waals surface area contributed by atoms with Crippen LogP contribution in [-0.2, 0) is 0 Å². The molecule has 0 unspecified atom stereocenters. The summed E-state index contributed by atoms with van der Waals surface area (Å²) in [7, 11) is 0. The van der Waals surface area contributed by atoms with Crippen LogP contribution in [0.25, 0.3) is 16.7 Å². The lowest BCUT2D eigenvalue weighted by Crippen LogP contribution is -2.07. The summed E-state index contributed by atoms with van der Waals surface area (Å²) in [4.78, 5) is 3.16. The fourth-order valence-electron chi connectivity index (χ4n) is 2.93. The maximum atomic E-state index is 8.91. The molecule has 29 heavy (non-hydrogen) atoms. The van der Waals surface area contributed by atoms with Crippen molar-refractivity contribution < 1.29 is 4.42 Å². The number of nitriles is 2. The quantitative estimate of drug-likeness (QED) is 0.346. The molecule has 138 valence electrons. The Bertz CT molecular complexity index is 1170. The number of rotatable bonds is 5. The van der Waals surface area contributed by atoms with E-state index in [4.69, 9.17) is 14.9 Å². The summed E-state index contributed by atoms with van der Waals surface area (Å²) in [6.45, 7) is 0. The summed E-state index contributed by atoms with van der Waals surface area (Å²) in [5, 5.41) is 18.9. The van der Waals surface area contributed by atoms with Gasteiger partial charge in [0.1, 0.15) is 34.2 Å². The van der Waals surface area contributed by atoms with Crippen molar-refractivity contribution in [1.82, 2.24) is 0 Å². The Balaban J connectivity index is 1.70. The highest BCUT2D eigenvalue weighted by Crippen LogP contribution is 2.41. The number of allylic oxidation sites excluding steroid dienone is 1. The van der Waals surface area contributed by atoms with Gasteiger partial charge in [-0.3, -0.25) is 0 Å². The summed E-state index contributed by atoms with van der Waals surface area (Å²) in [6.07, 6.45) is 1.44. The molecule has 0 spiro atoms. The lowest BCUT2D eigenvalue weighted by atomic mass is 10.2. The molecule has 4 aromatic rings. The zero-order valence-electron chi connectivity index (χ0n) is 15.3. The Morgan fingerprint density at radius 1 is 0.793 bits per heavy atom. The first-order valence-electron chi connectivity index (χ1n) is 8.90. The third kappa shape index (κ3) is 3.96. The molecule has 0 atom stereocenters. The van der Waals surface area contributed by atoms with Gasteiger partial charge in [-0.1, -0.05) is 36.4 Å². The molecule has 0 saturated heterocycles. The zero-order chi connectivity index (χ0) is 20.1. The Labute approximate surface area is 172 Å². The molecule has 0 N–H and O–H groups in total. The van der Waals surface area contributed by atoms with E-state index in [9.17, 15) is 0 Å². The van der Waals surface area contributed by atoms with Gasteiger partial charge in [0.25, 0.3) is 0 Å². The van der Waals surface area contributed by atoms with Crippen LogP contribution >= 0.6 is 11.3 Å². The largest absolute Gasteiger partial charge is 0.456 e. The molecule has 0 fully saturated rings. The van der Waals surface area contributed by atoms with Gasteiger partial charge in [-0.2, -0.15) is 10.5 Å². The second kappa shape index (κ2) is 8.31.